The summed E-state index contributed by atoms with van der Waals surface area (Å²) in [6, 6.07) is 7.66. The Balaban J connectivity index is 1.28. The minimum atomic E-state index is -0.166. The molecule has 1 fully saturated rings. The molecule has 2 aromatic rings. The van der Waals surface area contributed by atoms with E-state index in [0.29, 0.717) is 6.04 Å². The van der Waals surface area contributed by atoms with E-state index in [1.807, 2.05) is 24.3 Å². The molecule has 0 saturated heterocycles. The topological polar surface area (TPSA) is 91.4 Å². The van der Waals surface area contributed by atoms with Crippen LogP contribution in [-0.2, 0) is 12.8 Å². The third-order valence-corrected chi connectivity index (χ3v) is 6.33. The zero-order chi connectivity index (χ0) is 22.5. The van der Waals surface area contributed by atoms with E-state index in [2.05, 4.69) is 34.9 Å². The van der Waals surface area contributed by atoms with Crippen LogP contribution in [0, 0.1) is 0 Å². The van der Waals surface area contributed by atoms with Crippen molar-refractivity contribution in [2.24, 2.45) is 0 Å². The van der Waals surface area contributed by atoms with Gasteiger partial charge in [0.25, 0.3) is 0 Å². The average Bonchev–Trinajstić information content (AvgIpc) is 2.80. The van der Waals surface area contributed by atoms with Gasteiger partial charge in [-0.05, 0) is 75.6 Å². The zero-order valence-corrected chi connectivity index (χ0v) is 19.3. The fourth-order valence-electron chi connectivity index (χ4n) is 4.60. The van der Waals surface area contributed by atoms with Gasteiger partial charge < -0.3 is 25.6 Å². The first-order valence-corrected chi connectivity index (χ1v) is 11.6. The largest absolute Gasteiger partial charge is 0.497 e. The molecule has 3 N–H and O–H groups in total. The van der Waals surface area contributed by atoms with Crippen molar-refractivity contribution in [3.05, 3.63) is 35.5 Å². The highest BCUT2D eigenvalue weighted by molar-refractivity contribution is 5.89. The summed E-state index contributed by atoms with van der Waals surface area (Å²) in [6.07, 6.45) is 8.33. The Morgan fingerprint density at radius 3 is 2.38 bits per heavy atom. The summed E-state index contributed by atoms with van der Waals surface area (Å²) in [6.45, 7) is 0. The van der Waals surface area contributed by atoms with Gasteiger partial charge in [-0.3, -0.25) is 0 Å². The molecule has 2 amide bonds. The van der Waals surface area contributed by atoms with E-state index in [-0.39, 0.29) is 12.1 Å². The summed E-state index contributed by atoms with van der Waals surface area (Å²) in [4.78, 5) is 24.1. The number of fused-ring (bicyclic) bond motifs is 1. The quantitative estimate of drug-likeness (QED) is 0.632. The molecule has 0 atom stereocenters. The van der Waals surface area contributed by atoms with Crippen molar-refractivity contribution in [3.63, 3.8) is 0 Å². The molecule has 4 rings (SSSR count). The number of methoxy groups -OCH3 is 1. The van der Waals surface area contributed by atoms with E-state index in [1.165, 1.54) is 24.1 Å². The van der Waals surface area contributed by atoms with E-state index in [0.717, 1.165) is 61.7 Å². The fraction of sp³-hybridized carbons (Fsp3) is 0.542. The van der Waals surface area contributed by atoms with Crippen molar-refractivity contribution < 1.29 is 9.53 Å². The maximum atomic E-state index is 12.4. The van der Waals surface area contributed by atoms with Crippen LogP contribution in [0.15, 0.2) is 24.3 Å². The molecule has 1 saturated carbocycles. The highest BCUT2D eigenvalue weighted by atomic mass is 16.5. The van der Waals surface area contributed by atoms with Gasteiger partial charge in [0, 0.05) is 37.4 Å². The molecule has 1 aromatic carbocycles. The molecule has 0 aliphatic heterocycles. The lowest BCUT2D eigenvalue weighted by Crippen LogP contribution is -2.42. The normalized spacial score (nSPS) is 20.1. The Labute approximate surface area is 190 Å². The number of hydrogen-bond donors (Lipinski definition) is 3. The number of aryl methyl sites for hydroxylation is 1. The van der Waals surface area contributed by atoms with Gasteiger partial charge >= 0.3 is 6.03 Å². The maximum Gasteiger partial charge on any atom is 0.319 e. The summed E-state index contributed by atoms with van der Waals surface area (Å²) >= 11 is 0. The molecule has 1 heterocycles. The van der Waals surface area contributed by atoms with Gasteiger partial charge in [-0.1, -0.05) is 0 Å². The maximum absolute atomic E-state index is 12.4. The van der Waals surface area contributed by atoms with E-state index >= 15 is 0 Å². The molecule has 8 nitrogen and oxygen atoms in total. The highest BCUT2D eigenvalue weighted by Gasteiger charge is 2.25. The lowest BCUT2D eigenvalue weighted by Gasteiger charge is -2.30. The number of carbonyl (C=O) groups is 1. The van der Waals surface area contributed by atoms with Crippen LogP contribution in [0.3, 0.4) is 0 Å². The smallest absolute Gasteiger partial charge is 0.319 e. The van der Waals surface area contributed by atoms with Gasteiger partial charge in [-0.2, -0.15) is 4.98 Å². The number of aromatic nitrogens is 2. The van der Waals surface area contributed by atoms with Crippen molar-refractivity contribution in [1.29, 1.82) is 0 Å². The predicted molar refractivity (Wildman–Crippen MR) is 128 cm³/mol. The number of rotatable bonds is 6. The number of urea groups is 1. The second kappa shape index (κ2) is 10.1. The van der Waals surface area contributed by atoms with Crippen LogP contribution in [0.1, 0.15) is 49.8 Å². The summed E-state index contributed by atoms with van der Waals surface area (Å²) in [5.74, 6) is 2.55. The summed E-state index contributed by atoms with van der Waals surface area (Å²) in [7, 11) is 5.73. The molecule has 2 aliphatic rings. The van der Waals surface area contributed by atoms with Gasteiger partial charge in [-0.25, -0.2) is 9.78 Å². The standard InChI is InChI=1S/C24H34N6O2/c1-30(2)22-20-6-4-5-7-21(20)28-23(29-22)25-16-8-10-17(11-9-16)26-24(31)27-18-12-14-19(32-3)15-13-18/h12-17H,4-11H2,1-3H3,(H,25,28,29)(H2,26,27,31). The monoisotopic (exact) mass is 438 g/mol. The third kappa shape index (κ3) is 5.41. The minimum Gasteiger partial charge on any atom is -0.497 e. The summed E-state index contributed by atoms with van der Waals surface area (Å²) in [5.41, 5.74) is 3.26. The predicted octanol–water partition coefficient (Wildman–Crippen LogP) is 3.97. The SMILES string of the molecule is COc1ccc(NC(=O)NC2CCC(Nc3nc4c(c(N(C)C)n3)CCCC4)CC2)cc1. The van der Waals surface area contributed by atoms with Gasteiger partial charge in [0.05, 0.1) is 12.8 Å². The average molecular weight is 439 g/mol. The van der Waals surface area contributed by atoms with E-state index in [9.17, 15) is 4.79 Å². The van der Waals surface area contributed by atoms with Crippen LogP contribution < -0.4 is 25.6 Å². The summed E-state index contributed by atoms with van der Waals surface area (Å²) < 4.78 is 5.15. The number of amides is 2. The van der Waals surface area contributed by atoms with Gasteiger partial charge in [0.1, 0.15) is 11.6 Å². The van der Waals surface area contributed by atoms with Crippen LogP contribution in [0.4, 0.5) is 22.2 Å². The van der Waals surface area contributed by atoms with Crippen molar-refractivity contribution >= 4 is 23.5 Å². The first kappa shape index (κ1) is 22.2. The van der Waals surface area contributed by atoms with Crippen molar-refractivity contribution in [2.75, 3.05) is 36.7 Å². The highest BCUT2D eigenvalue weighted by Crippen LogP contribution is 2.29. The van der Waals surface area contributed by atoms with Crippen molar-refractivity contribution in [1.82, 2.24) is 15.3 Å². The molecule has 8 heteroatoms. The fourth-order valence-corrected chi connectivity index (χ4v) is 4.60. The number of ether oxygens (including phenoxy) is 1. The number of benzene rings is 1. The zero-order valence-electron chi connectivity index (χ0n) is 19.3. The molecule has 2 aliphatic carbocycles. The Morgan fingerprint density at radius 1 is 1.00 bits per heavy atom. The number of nitrogens with zero attached hydrogens (tertiary/aromatic N) is 3. The molecular formula is C24H34N6O2. The van der Waals surface area contributed by atoms with Crippen LogP contribution in [0.25, 0.3) is 0 Å². The van der Waals surface area contributed by atoms with Crippen LogP contribution >= 0.6 is 0 Å². The lowest BCUT2D eigenvalue weighted by atomic mass is 9.91. The molecule has 0 bridgehead atoms. The first-order valence-electron chi connectivity index (χ1n) is 11.6. The second-order valence-electron chi connectivity index (χ2n) is 8.92. The van der Waals surface area contributed by atoms with Gasteiger partial charge in [0.15, 0.2) is 0 Å². The van der Waals surface area contributed by atoms with E-state index < -0.39 is 0 Å². The Bertz CT molecular complexity index is 923. The number of carbonyl (C=O) groups excluding carboxylic acids is 1. The number of hydrogen-bond acceptors (Lipinski definition) is 6. The number of nitrogens with one attached hydrogen (secondary N) is 3. The lowest BCUT2D eigenvalue weighted by molar-refractivity contribution is 0.243. The molecule has 0 radical (unpaired) electrons. The van der Waals surface area contributed by atoms with Crippen LogP contribution in [0.5, 0.6) is 5.75 Å². The molecule has 0 unspecified atom stereocenters. The molecular weight excluding hydrogens is 404 g/mol. The van der Waals surface area contributed by atoms with Gasteiger partial charge in [-0.15, -0.1) is 0 Å². The Kier molecular flexibility index (Phi) is 6.97. The molecule has 32 heavy (non-hydrogen) atoms. The summed E-state index contributed by atoms with van der Waals surface area (Å²) in [5, 5.41) is 9.55. The van der Waals surface area contributed by atoms with Crippen molar-refractivity contribution in [3.8, 4) is 5.75 Å². The first-order chi connectivity index (χ1) is 15.5. The molecule has 172 valence electrons. The van der Waals surface area contributed by atoms with Crippen molar-refractivity contribution in [2.45, 2.75) is 63.5 Å². The molecule has 0 spiro atoms. The Morgan fingerprint density at radius 2 is 1.69 bits per heavy atom. The van der Waals surface area contributed by atoms with Gasteiger partial charge in [0.2, 0.25) is 5.95 Å². The van der Waals surface area contributed by atoms with Crippen LogP contribution in [0.2, 0.25) is 0 Å². The van der Waals surface area contributed by atoms with E-state index in [1.54, 1.807) is 7.11 Å². The Hall–Kier alpha value is -3.03. The number of anilines is 3. The van der Waals surface area contributed by atoms with E-state index in [4.69, 9.17) is 14.7 Å². The third-order valence-electron chi connectivity index (χ3n) is 6.33. The molecule has 1 aromatic heterocycles. The minimum absolute atomic E-state index is 0.166. The second-order valence-corrected chi connectivity index (χ2v) is 8.92. The van der Waals surface area contributed by atoms with Crippen LogP contribution in [-0.4, -0.2) is 49.3 Å².